The summed E-state index contributed by atoms with van der Waals surface area (Å²) in [5.74, 6) is 2.39. The summed E-state index contributed by atoms with van der Waals surface area (Å²) in [6.45, 7) is 11.3. The van der Waals surface area contributed by atoms with Crippen LogP contribution in [0.5, 0.6) is 0 Å². The molecule has 0 amide bonds. The molecular weight excluding hydrogens is 234 g/mol. The fourth-order valence-electron chi connectivity index (χ4n) is 2.88. The molecule has 1 aromatic heterocycles. The van der Waals surface area contributed by atoms with Gasteiger partial charge in [0.2, 0.25) is 0 Å². The highest BCUT2D eigenvalue weighted by molar-refractivity contribution is 5.40. The molecule has 1 fully saturated rings. The summed E-state index contributed by atoms with van der Waals surface area (Å²) in [5.41, 5.74) is 1.26. The van der Waals surface area contributed by atoms with Crippen molar-refractivity contribution in [3.63, 3.8) is 0 Å². The van der Waals surface area contributed by atoms with Gasteiger partial charge in [-0.2, -0.15) is 0 Å². The van der Waals surface area contributed by atoms with Crippen molar-refractivity contribution >= 4 is 5.82 Å². The topological polar surface area (TPSA) is 19.4 Å². The van der Waals surface area contributed by atoms with Crippen molar-refractivity contribution in [2.45, 2.75) is 33.1 Å². The van der Waals surface area contributed by atoms with Gasteiger partial charge in [-0.1, -0.05) is 26.8 Å². The Morgan fingerprint density at radius 1 is 1.16 bits per heavy atom. The number of piperazine rings is 1. The van der Waals surface area contributed by atoms with Gasteiger partial charge in [-0.3, -0.25) is 0 Å². The van der Waals surface area contributed by atoms with Crippen LogP contribution >= 0.6 is 0 Å². The minimum absolute atomic E-state index is 0.576. The van der Waals surface area contributed by atoms with Crippen molar-refractivity contribution in [2.24, 2.45) is 5.92 Å². The van der Waals surface area contributed by atoms with E-state index in [1.54, 1.807) is 0 Å². The molecule has 2 rings (SSSR count). The van der Waals surface area contributed by atoms with Gasteiger partial charge in [0.25, 0.3) is 0 Å². The largest absolute Gasteiger partial charge is 0.354 e. The zero-order valence-corrected chi connectivity index (χ0v) is 12.8. The van der Waals surface area contributed by atoms with Crippen LogP contribution in [0.2, 0.25) is 0 Å². The molecule has 2 heterocycles. The number of rotatable bonds is 4. The van der Waals surface area contributed by atoms with E-state index in [0.29, 0.717) is 11.8 Å². The summed E-state index contributed by atoms with van der Waals surface area (Å²) < 4.78 is 0. The molecule has 1 aliphatic heterocycles. The van der Waals surface area contributed by atoms with Crippen molar-refractivity contribution in [2.75, 3.05) is 38.1 Å². The quantitative estimate of drug-likeness (QED) is 0.830. The Hall–Kier alpha value is -1.09. The van der Waals surface area contributed by atoms with Gasteiger partial charge in [0, 0.05) is 37.8 Å². The van der Waals surface area contributed by atoms with Gasteiger partial charge < -0.3 is 9.80 Å². The van der Waals surface area contributed by atoms with E-state index in [1.807, 2.05) is 0 Å². The monoisotopic (exact) mass is 261 g/mol. The highest BCUT2D eigenvalue weighted by atomic mass is 15.3. The van der Waals surface area contributed by atoms with Gasteiger partial charge >= 0.3 is 0 Å². The maximum Gasteiger partial charge on any atom is 0.128 e. The number of anilines is 1. The first-order chi connectivity index (χ1) is 9.11. The third kappa shape index (κ3) is 3.47. The Labute approximate surface area is 117 Å². The first-order valence-corrected chi connectivity index (χ1v) is 7.52. The van der Waals surface area contributed by atoms with Crippen LogP contribution in [0.1, 0.15) is 38.8 Å². The van der Waals surface area contributed by atoms with Crippen molar-refractivity contribution in [1.82, 2.24) is 9.88 Å². The van der Waals surface area contributed by atoms with E-state index < -0.39 is 0 Å². The van der Waals surface area contributed by atoms with Gasteiger partial charge in [0.05, 0.1) is 0 Å². The second-order valence-corrected chi connectivity index (χ2v) is 5.97. The number of aromatic nitrogens is 1. The van der Waals surface area contributed by atoms with Crippen molar-refractivity contribution < 1.29 is 0 Å². The predicted octanol–water partition coefficient (Wildman–Crippen LogP) is 2.98. The zero-order chi connectivity index (χ0) is 13.8. The Kier molecular flexibility index (Phi) is 4.81. The lowest BCUT2D eigenvalue weighted by molar-refractivity contribution is 0.312. The molecule has 0 saturated carbocycles. The number of likely N-dealkylation sites (N-methyl/N-ethyl adjacent to an activating group) is 1. The van der Waals surface area contributed by atoms with E-state index in [9.17, 15) is 0 Å². The minimum Gasteiger partial charge on any atom is -0.354 e. The van der Waals surface area contributed by atoms with Gasteiger partial charge in [0.1, 0.15) is 5.82 Å². The summed E-state index contributed by atoms with van der Waals surface area (Å²) in [6.07, 6.45) is 1.16. The lowest BCUT2D eigenvalue weighted by Gasteiger charge is -2.33. The predicted molar refractivity (Wildman–Crippen MR) is 81.8 cm³/mol. The molecule has 106 valence electrons. The van der Waals surface area contributed by atoms with Gasteiger partial charge in [0.15, 0.2) is 0 Å². The maximum absolute atomic E-state index is 4.92. The summed E-state index contributed by atoms with van der Waals surface area (Å²) in [7, 11) is 2.19. The molecular formula is C16H27N3. The number of pyridine rings is 1. The molecule has 1 atom stereocenters. The lowest BCUT2D eigenvalue weighted by Crippen LogP contribution is -2.44. The van der Waals surface area contributed by atoms with Crippen molar-refractivity contribution in [1.29, 1.82) is 0 Å². The Morgan fingerprint density at radius 3 is 2.42 bits per heavy atom. The van der Waals surface area contributed by atoms with Gasteiger partial charge in [-0.05, 0) is 31.5 Å². The van der Waals surface area contributed by atoms with E-state index in [0.717, 1.165) is 38.4 Å². The molecule has 0 spiro atoms. The van der Waals surface area contributed by atoms with Crippen LogP contribution in [0, 0.1) is 5.92 Å². The average molecular weight is 261 g/mol. The van der Waals surface area contributed by atoms with E-state index in [4.69, 9.17) is 4.98 Å². The first kappa shape index (κ1) is 14.3. The molecule has 0 aliphatic carbocycles. The Bertz CT molecular complexity index is 395. The third-order valence-corrected chi connectivity index (χ3v) is 4.21. The SMILES string of the molecule is CC[C@@H](c1cccc(N2CCN(C)CC2)n1)C(C)C. The van der Waals surface area contributed by atoms with Crippen molar-refractivity contribution in [3.8, 4) is 0 Å². The Balaban J connectivity index is 2.14. The molecule has 0 unspecified atom stereocenters. The molecule has 1 saturated heterocycles. The van der Waals surface area contributed by atoms with E-state index in [2.05, 4.69) is 55.8 Å². The summed E-state index contributed by atoms with van der Waals surface area (Å²) >= 11 is 0. The van der Waals surface area contributed by atoms with E-state index >= 15 is 0 Å². The fraction of sp³-hybridized carbons (Fsp3) is 0.688. The smallest absolute Gasteiger partial charge is 0.128 e. The van der Waals surface area contributed by atoms with Gasteiger partial charge in [-0.25, -0.2) is 4.98 Å². The van der Waals surface area contributed by atoms with Crippen LogP contribution < -0.4 is 4.90 Å². The number of hydrogen-bond acceptors (Lipinski definition) is 3. The average Bonchev–Trinajstić information content (AvgIpc) is 2.40. The van der Waals surface area contributed by atoms with E-state index in [-0.39, 0.29) is 0 Å². The minimum atomic E-state index is 0.576. The standard InChI is InChI=1S/C16H27N3/c1-5-14(13(2)3)15-7-6-8-16(17-15)19-11-9-18(4)10-12-19/h6-8,13-14H,5,9-12H2,1-4H3/t14-/m1/s1. The van der Waals surface area contributed by atoms with Crippen LogP contribution in [0.4, 0.5) is 5.82 Å². The molecule has 1 aliphatic rings. The van der Waals surface area contributed by atoms with Crippen LogP contribution in [0.25, 0.3) is 0 Å². The molecule has 19 heavy (non-hydrogen) atoms. The van der Waals surface area contributed by atoms with Crippen LogP contribution in [0.15, 0.2) is 18.2 Å². The third-order valence-electron chi connectivity index (χ3n) is 4.21. The highest BCUT2D eigenvalue weighted by Gasteiger charge is 2.18. The van der Waals surface area contributed by atoms with Crippen LogP contribution in [-0.2, 0) is 0 Å². The fourth-order valence-corrected chi connectivity index (χ4v) is 2.88. The molecule has 3 heteroatoms. The Morgan fingerprint density at radius 2 is 1.84 bits per heavy atom. The summed E-state index contributed by atoms with van der Waals surface area (Å²) in [4.78, 5) is 9.71. The van der Waals surface area contributed by atoms with Gasteiger partial charge in [-0.15, -0.1) is 0 Å². The normalized spacial score (nSPS) is 18.9. The zero-order valence-electron chi connectivity index (χ0n) is 12.8. The molecule has 0 N–H and O–H groups in total. The molecule has 3 nitrogen and oxygen atoms in total. The second-order valence-electron chi connectivity index (χ2n) is 5.97. The molecule has 0 aromatic carbocycles. The first-order valence-electron chi connectivity index (χ1n) is 7.52. The molecule has 0 bridgehead atoms. The lowest BCUT2D eigenvalue weighted by atomic mass is 9.90. The molecule has 0 radical (unpaired) electrons. The summed E-state index contributed by atoms with van der Waals surface area (Å²) in [6, 6.07) is 6.51. The van der Waals surface area contributed by atoms with E-state index in [1.165, 1.54) is 5.69 Å². The number of nitrogens with zero attached hydrogens (tertiary/aromatic N) is 3. The van der Waals surface area contributed by atoms with Crippen molar-refractivity contribution in [3.05, 3.63) is 23.9 Å². The molecule has 1 aromatic rings. The number of hydrogen-bond donors (Lipinski definition) is 0. The summed E-state index contributed by atoms with van der Waals surface area (Å²) in [5, 5.41) is 0. The second kappa shape index (κ2) is 6.38. The van der Waals surface area contributed by atoms with Crippen LogP contribution in [0.3, 0.4) is 0 Å². The highest BCUT2D eigenvalue weighted by Crippen LogP contribution is 2.27. The van der Waals surface area contributed by atoms with Crippen LogP contribution in [-0.4, -0.2) is 43.1 Å². The maximum atomic E-state index is 4.92.